The van der Waals surface area contributed by atoms with Crippen LogP contribution in [0.2, 0.25) is 0 Å². The quantitative estimate of drug-likeness (QED) is 0.631. The number of hydrogen-bond acceptors (Lipinski definition) is 1. The zero-order valence-electron chi connectivity index (χ0n) is 6.25. The van der Waals surface area contributed by atoms with Crippen LogP contribution in [0.1, 0.15) is 5.56 Å². The highest BCUT2D eigenvalue weighted by molar-refractivity contribution is 8.02. The van der Waals surface area contributed by atoms with Crippen LogP contribution in [-0.2, 0) is 0 Å². The number of aryl methyl sites for hydroxylation is 1. The summed E-state index contributed by atoms with van der Waals surface area (Å²) in [6.07, 6.45) is 0. The molecule has 11 heavy (non-hydrogen) atoms. The standard InChI is InChI=1S/C9H9ClS/c1-8-4-2-3-5-9(8)11-7-6-10/h2-7H,1H3/b7-6+. The highest BCUT2D eigenvalue weighted by Gasteiger charge is 1.92. The third kappa shape index (κ3) is 2.60. The van der Waals surface area contributed by atoms with E-state index < -0.39 is 0 Å². The van der Waals surface area contributed by atoms with E-state index in [0.29, 0.717) is 0 Å². The second-order valence-electron chi connectivity index (χ2n) is 2.15. The molecule has 0 N–H and O–H groups in total. The Hall–Kier alpha value is -0.400. The highest BCUT2D eigenvalue weighted by Crippen LogP contribution is 2.22. The van der Waals surface area contributed by atoms with Gasteiger partial charge in [-0.1, -0.05) is 41.6 Å². The number of halogens is 1. The fraction of sp³-hybridized carbons (Fsp3) is 0.111. The van der Waals surface area contributed by atoms with Gasteiger partial charge in [-0.3, -0.25) is 0 Å². The first-order chi connectivity index (χ1) is 5.34. The number of hydrogen-bond donors (Lipinski definition) is 0. The Morgan fingerprint density at radius 2 is 2.09 bits per heavy atom. The molecule has 0 spiro atoms. The maximum atomic E-state index is 5.40. The topological polar surface area (TPSA) is 0 Å². The molecule has 1 aromatic rings. The van der Waals surface area contributed by atoms with Crippen LogP contribution in [0.5, 0.6) is 0 Å². The van der Waals surface area contributed by atoms with Gasteiger partial charge >= 0.3 is 0 Å². The Balaban J connectivity index is 2.77. The van der Waals surface area contributed by atoms with Crippen LogP contribution in [-0.4, -0.2) is 0 Å². The van der Waals surface area contributed by atoms with E-state index in [1.165, 1.54) is 16.0 Å². The van der Waals surface area contributed by atoms with Crippen molar-refractivity contribution in [1.82, 2.24) is 0 Å². The van der Waals surface area contributed by atoms with Crippen LogP contribution < -0.4 is 0 Å². The summed E-state index contributed by atoms with van der Waals surface area (Å²) >= 11 is 7.04. The van der Waals surface area contributed by atoms with E-state index in [0.717, 1.165) is 0 Å². The zero-order valence-corrected chi connectivity index (χ0v) is 7.82. The van der Waals surface area contributed by atoms with Gasteiger partial charge in [-0.05, 0) is 24.0 Å². The summed E-state index contributed by atoms with van der Waals surface area (Å²) < 4.78 is 0. The van der Waals surface area contributed by atoms with Crippen molar-refractivity contribution >= 4 is 23.4 Å². The van der Waals surface area contributed by atoms with E-state index in [1.807, 2.05) is 17.5 Å². The molecule has 0 heterocycles. The van der Waals surface area contributed by atoms with Gasteiger partial charge in [-0.2, -0.15) is 0 Å². The Bertz CT molecular complexity index is 255. The Labute approximate surface area is 76.3 Å². The molecule has 0 aliphatic rings. The molecule has 0 saturated carbocycles. The van der Waals surface area contributed by atoms with E-state index in [9.17, 15) is 0 Å². The minimum atomic E-state index is 1.25. The van der Waals surface area contributed by atoms with E-state index >= 15 is 0 Å². The van der Waals surface area contributed by atoms with Crippen molar-refractivity contribution in [3.8, 4) is 0 Å². The minimum absolute atomic E-state index is 1.25. The molecule has 0 fully saturated rings. The molecule has 1 rings (SSSR count). The maximum absolute atomic E-state index is 5.40. The van der Waals surface area contributed by atoms with Crippen molar-refractivity contribution in [2.75, 3.05) is 0 Å². The van der Waals surface area contributed by atoms with Gasteiger partial charge in [0.15, 0.2) is 0 Å². The Morgan fingerprint density at radius 1 is 1.36 bits per heavy atom. The molecular formula is C9H9ClS. The van der Waals surface area contributed by atoms with Crippen LogP contribution in [0.25, 0.3) is 0 Å². The predicted molar refractivity (Wildman–Crippen MR) is 52.0 cm³/mol. The fourth-order valence-electron chi connectivity index (χ4n) is 0.788. The molecule has 0 amide bonds. The van der Waals surface area contributed by atoms with Crippen LogP contribution in [0.4, 0.5) is 0 Å². The molecule has 0 unspecified atom stereocenters. The van der Waals surface area contributed by atoms with Gasteiger partial charge < -0.3 is 0 Å². The largest absolute Gasteiger partial charge is 0.0969 e. The SMILES string of the molecule is Cc1ccccc1S/C=C/Cl. The smallest absolute Gasteiger partial charge is 0.0145 e. The zero-order chi connectivity index (χ0) is 8.10. The first kappa shape index (κ1) is 8.69. The lowest BCUT2D eigenvalue weighted by Crippen LogP contribution is -1.74. The molecule has 0 radical (unpaired) electrons. The molecule has 0 aromatic heterocycles. The van der Waals surface area contributed by atoms with Crippen molar-refractivity contribution in [2.24, 2.45) is 0 Å². The fourth-order valence-corrected chi connectivity index (χ4v) is 1.55. The van der Waals surface area contributed by atoms with Crippen molar-refractivity contribution in [1.29, 1.82) is 0 Å². The molecule has 0 aliphatic heterocycles. The van der Waals surface area contributed by atoms with E-state index in [2.05, 4.69) is 19.1 Å². The molecule has 0 atom stereocenters. The third-order valence-electron chi connectivity index (χ3n) is 1.34. The lowest BCUT2D eigenvalue weighted by molar-refractivity contribution is 1.31. The van der Waals surface area contributed by atoms with Crippen LogP contribution in [0.3, 0.4) is 0 Å². The summed E-state index contributed by atoms with van der Waals surface area (Å²) in [5, 5.41) is 1.86. The molecule has 0 saturated heterocycles. The van der Waals surface area contributed by atoms with Crippen LogP contribution in [0, 0.1) is 6.92 Å². The first-order valence-corrected chi connectivity index (χ1v) is 4.63. The summed E-state index contributed by atoms with van der Waals surface area (Å²) in [5.74, 6) is 0. The highest BCUT2D eigenvalue weighted by atomic mass is 35.5. The third-order valence-corrected chi connectivity index (χ3v) is 2.60. The summed E-state index contributed by atoms with van der Waals surface area (Å²) in [5.41, 5.74) is 2.81. The predicted octanol–water partition coefficient (Wildman–Crippen LogP) is 3.80. The molecule has 2 heteroatoms. The van der Waals surface area contributed by atoms with Crippen molar-refractivity contribution in [3.63, 3.8) is 0 Å². The summed E-state index contributed by atoms with van der Waals surface area (Å²) in [6, 6.07) is 8.22. The Morgan fingerprint density at radius 3 is 2.73 bits per heavy atom. The molecule has 1 aromatic carbocycles. The maximum Gasteiger partial charge on any atom is 0.0145 e. The van der Waals surface area contributed by atoms with Crippen molar-refractivity contribution in [3.05, 3.63) is 40.8 Å². The molecule has 0 nitrogen and oxygen atoms in total. The lowest BCUT2D eigenvalue weighted by atomic mass is 10.2. The average molecular weight is 185 g/mol. The first-order valence-electron chi connectivity index (χ1n) is 3.32. The van der Waals surface area contributed by atoms with E-state index in [-0.39, 0.29) is 0 Å². The van der Waals surface area contributed by atoms with Gasteiger partial charge in [0.1, 0.15) is 0 Å². The molecule has 58 valence electrons. The normalized spacial score (nSPS) is 10.7. The van der Waals surface area contributed by atoms with Crippen molar-refractivity contribution < 1.29 is 0 Å². The molecular weight excluding hydrogens is 176 g/mol. The second-order valence-corrected chi connectivity index (χ2v) is 3.35. The monoisotopic (exact) mass is 184 g/mol. The Kier molecular flexibility index (Phi) is 3.53. The number of rotatable bonds is 2. The summed E-state index contributed by atoms with van der Waals surface area (Å²) in [7, 11) is 0. The molecule has 0 aliphatic carbocycles. The van der Waals surface area contributed by atoms with Gasteiger partial charge in [0.2, 0.25) is 0 Å². The number of thioether (sulfide) groups is 1. The van der Waals surface area contributed by atoms with Crippen LogP contribution in [0.15, 0.2) is 40.1 Å². The van der Waals surface area contributed by atoms with Gasteiger partial charge in [0.05, 0.1) is 0 Å². The van der Waals surface area contributed by atoms with Crippen LogP contribution >= 0.6 is 23.4 Å². The minimum Gasteiger partial charge on any atom is -0.0969 e. The van der Waals surface area contributed by atoms with Crippen molar-refractivity contribution in [2.45, 2.75) is 11.8 Å². The van der Waals surface area contributed by atoms with E-state index in [1.54, 1.807) is 11.8 Å². The summed E-state index contributed by atoms with van der Waals surface area (Å²) in [4.78, 5) is 1.25. The van der Waals surface area contributed by atoms with Gasteiger partial charge in [0, 0.05) is 10.4 Å². The van der Waals surface area contributed by atoms with Gasteiger partial charge in [-0.15, -0.1) is 0 Å². The summed E-state index contributed by atoms with van der Waals surface area (Å²) in [6.45, 7) is 2.09. The van der Waals surface area contributed by atoms with Gasteiger partial charge in [0.25, 0.3) is 0 Å². The van der Waals surface area contributed by atoms with Gasteiger partial charge in [-0.25, -0.2) is 0 Å². The average Bonchev–Trinajstić information content (AvgIpc) is 2.03. The second kappa shape index (κ2) is 4.47. The molecule has 0 bridgehead atoms. The lowest BCUT2D eigenvalue weighted by Gasteiger charge is -1.98. The van der Waals surface area contributed by atoms with E-state index in [4.69, 9.17) is 11.6 Å². The number of benzene rings is 1.